The van der Waals surface area contributed by atoms with Gasteiger partial charge in [-0.1, -0.05) is 58.0 Å². The van der Waals surface area contributed by atoms with Crippen molar-refractivity contribution in [2.45, 2.75) is 25.6 Å². The Balaban J connectivity index is 1.92. The van der Waals surface area contributed by atoms with Crippen molar-refractivity contribution in [1.82, 2.24) is 5.32 Å². The number of allylic oxidation sites excluding steroid dienone is 1. The average molecular weight is 475 g/mol. The van der Waals surface area contributed by atoms with E-state index in [1.807, 2.05) is 43.3 Å². The summed E-state index contributed by atoms with van der Waals surface area (Å²) in [5, 5.41) is 4.02. The number of para-hydroxylation sites is 1. The molecule has 5 nitrogen and oxygen atoms in total. The maximum atomic E-state index is 12.7. The topological polar surface area (TPSA) is 59.9 Å². The van der Waals surface area contributed by atoms with Gasteiger partial charge in [-0.25, -0.2) is 9.79 Å². The Hall–Kier alpha value is -2.25. The molecular weight excluding hydrogens is 452 g/mol. The van der Waals surface area contributed by atoms with E-state index in [0.717, 1.165) is 26.7 Å². The zero-order valence-electron chi connectivity index (χ0n) is 16.6. The van der Waals surface area contributed by atoms with E-state index in [1.165, 1.54) is 5.56 Å². The normalized spacial score (nSPS) is 16.1. The molecule has 0 fully saturated rings. The third kappa shape index (κ3) is 5.22. The van der Waals surface area contributed by atoms with E-state index in [1.54, 1.807) is 25.8 Å². The number of amidine groups is 1. The van der Waals surface area contributed by atoms with Crippen molar-refractivity contribution in [2.24, 2.45) is 4.99 Å². The van der Waals surface area contributed by atoms with Crippen LogP contribution in [0.5, 0.6) is 5.75 Å². The first-order valence-electron chi connectivity index (χ1n) is 9.26. The summed E-state index contributed by atoms with van der Waals surface area (Å²) in [7, 11) is 1.62. The third-order valence-corrected chi connectivity index (χ3v) is 5.92. The number of carbonyl (C=O) groups excluding carboxylic acids is 1. The van der Waals surface area contributed by atoms with Crippen LogP contribution in [0, 0.1) is 0 Å². The summed E-state index contributed by atoms with van der Waals surface area (Å²) in [4.78, 5) is 17.5. The summed E-state index contributed by atoms with van der Waals surface area (Å²) < 4.78 is 11.9. The van der Waals surface area contributed by atoms with Gasteiger partial charge in [0.15, 0.2) is 5.17 Å². The Morgan fingerprint density at radius 3 is 2.62 bits per heavy atom. The fraction of sp³-hybridized carbons (Fsp3) is 0.273. The predicted molar refractivity (Wildman–Crippen MR) is 121 cm³/mol. The van der Waals surface area contributed by atoms with Gasteiger partial charge in [-0.05, 0) is 37.6 Å². The molecule has 0 aromatic heterocycles. The van der Waals surface area contributed by atoms with Crippen LogP contribution in [0.1, 0.15) is 31.0 Å². The van der Waals surface area contributed by atoms with Crippen LogP contribution in [0.3, 0.4) is 0 Å². The number of methoxy groups -OCH3 is 1. The first-order valence-corrected chi connectivity index (χ1v) is 11.0. The molecule has 0 radical (unpaired) electrons. The van der Waals surface area contributed by atoms with Crippen molar-refractivity contribution in [2.75, 3.05) is 13.7 Å². The minimum Gasteiger partial charge on any atom is -0.496 e. The lowest BCUT2D eigenvalue weighted by molar-refractivity contribution is -0.138. The van der Waals surface area contributed by atoms with Gasteiger partial charge in [0, 0.05) is 21.5 Å². The van der Waals surface area contributed by atoms with Gasteiger partial charge < -0.3 is 14.8 Å². The van der Waals surface area contributed by atoms with Crippen molar-refractivity contribution in [1.29, 1.82) is 0 Å². The molecule has 1 N–H and O–H groups in total. The smallest absolute Gasteiger partial charge is 0.338 e. The molecular formula is C22H23BrN2O3S. The Morgan fingerprint density at radius 2 is 1.93 bits per heavy atom. The highest BCUT2D eigenvalue weighted by Crippen LogP contribution is 2.37. The van der Waals surface area contributed by atoms with Gasteiger partial charge in [-0.15, -0.1) is 0 Å². The molecule has 1 heterocycles. The van der Waals surface area contributed by atoms with Crippen LogP contribution in [0.4, 0.5) is 0 Å². The molecule has 1 aliphatic heterocycles. The van der Waals surface area contributed by atoms with Gasteiger partial charge in [-0.3, -0.25) is 0 Å². The van der Waals surface area contributed by atoms with E-state index in [0.29, 0.717) is 17.9 Å². The Morgan fingerprint density at radius 1 is 1.21 bits per heavy atom. The molecule has 2 aromatic rings. The Kier molecular flexibility index (Phi) is 7.39. The fourth-order valence-corrected chi connectivity index (χ4v) is 4.21. The van der Waals surface area contributed by atoms with E-state index in [-0.39, 0.29) is 5.97 Å². The number of esters is 1. The van der Waals surface area contributed by atoms with Crippen LogP contribution in [0.2, 0.25) is 0 Å². The number of aliphatic imine (C=N–C) groups is 1. The van der Waals surface area contributed by atoms with E-state index in [4.69, 9.17) is 14.5 Å². The van der Waals surface area contributed by atoms with E-state index in [9.17, 15) is 4.79 Å². The maximum Gasteiger partial charge on any atom is 0.338 e. The zero-order chi connectivity index (χ0) is 20.8. The van der Waals surface area contributed by atoms with E-state index in [2.05, 4.69) is 33.4 Å². The molecule has 0 saturated carbocycles. The van der Waals surface area contributed by atoms with Gasteiger partial charge in [0.2, 0.25) is 0 Å². The lowest BCUT2D eigenvalue weighted by atomic mass is 9.96. The number of nitrogens with zero attached hydrogens (tertiary/aromatic N) is 1. The molecule has 2 aromatic carbocycles. The first-order chi connectivity index (χ1) is 14.0. The van der Waals surface area contributed by atoms with Crippen LogP contribution < -0.4 is 10.1 Å². The summed E-state index contributed by atoms with van der Waals surface area (Å²) >= 11 is 5.05. The molecule has 7 heteroatoms. The average Bonchev–Trinajstić information content (AvgIpc) is 2.73. The second-order valence-electron chi connectivity index (χ2n) is 6.38. The first kappa shape index (κ1) is 21.5. The number of ether oxygens (including phenoxy) is 2. The number of halogens is 1. The van der Waals surface area contributed by atoms with Gasteiger partial charge >= 0.3 is 5.97 Å². The van der Waals surface area contributed by atoms with Gasteiger partial charge in [0.05, 0.1) is 19.3 Å². The maximum absolute atomic E-state index is 12.7. The van der Waals surface area contributed by atoms with Gasteiger partial charge in [0.1, 0.15) is 11.8 Å². The number of carbonyl (C=O) groups is 1. The number of hydrogen-bond acceptors (Lipinski definition) is 6. The minimum absolute atomic E-state index is 0.309. The molecule has 152 valence electrons. The summed E-state index contributed by atoms with van der Waals surface area (Å²) in [6, 6.07) is 15.3. The Bertz CT molecular complexity index is 941. The molecule has 29 heavy (non-hydrogen) atoms. The van der Waals surface area contributed by atoms with Crippen molar-refractivity contribution < 1.29 is 14.3 Å². The highest BCUT2D eigenvalue weighted by molar-refractivity contribution is 9.10. The van der Waals surface area contributed by atoms with E-state index < -0.39 is 6.04 Å². The van der Waals surface area contributed by atoms with Crippen LogP contribution in [-0.2, 0) is 15.3 Å². The SMILES string of the molecule is CCOC(=O)C1=C(C)NC(SCc2ccc(Br)cc2)=N[C@@H]1c1ccccc1OC. The predicted octanol–water partition coefficient (Wildman–Crippen LogP) is 5.23. The van der Waals surface area contributed by atoms with Crippen LogP contribution in [0.15, 0.2) is 69.3 Å². The molecule has 0 bridgehead atoms. The van der Waals surface area contributed by atoms with Crippen molar-refractivity contribution >= 4 is 38.8 Å². The number of hydrogen-bond donors (Lipinski definition) is 1. The molecule has 0 saturated heterocycles. The van der Waals surface area contributed by atoms with Crippen molar-refractivity contribution in [3.63, 3.8) is 0 Å². The molecule has 3 rings (SSSR count). The van der Waals surface area contributed by atoms with Gasteiger partial charge in [0.25, 0.3) is 0 Å². The van der Waals surface area contributed by atoms with Crippen LogP contribution >= 0.6 is 27.7 Å². The molecule has 1 atom stereocenters. The molecule has 0 spiro atoms. The lowest BCUT2D eigenvalue weighted by Crippen LogP contribution is -2.30. The second kappa shape index (κ2) is 9.98. The van der Waals surface area contributed by atoms with Crippen LogP contribution in [-0.4, -0.2) is 24.9 Å². The largest absolute Gasteiger partial charge is 0.496 e. The summed E-state index contributed by atoms with van der Waals surface area (Å²) in [5.74, 6) is 1.09. The quantitative estimate of drug-likeness (QED) is 0.580. The molecule has 0 aliphatic carbocycles. The number of benzene rings is 2. The number of nitrogens with one attached hydrogen (secondary N) is 1. The summed E-state index contributed by atoms with van der Waals surface area (Å²) in [6.45, 7) is 3.98. The Labute approximate surface area is 183 Å². The summed E-state index contributed by atoms with van der Waals surface area (Å²) in [5.41, 5.74) is 3.27. The van der Waals surface area contributed by atoms with Gasteiger partial charge in [-0.2, -0.15) is 0 Å². The standard InChI is InChI=1S/C22H23BrN2O3S/c1-4-28-21(26)19-14(2)24-22(29-13-15-9-11-16(23)12-10-15)25-20(19)17-7-5-6-8-18(17)27-3/h5-12,20H,4,13H2,1-3H3,(H,24,25)/t20-/m1/s1. The molecule has 0 amide bonds. The zero-order valence-corrected chi connectivity index (χ0v) is 19.0. The molecule has 1 aliphatic rings. The fourth-order valence-electron chi connectivity index (χ4n) is 3.04. The summed E-state index contributed by atoms with van der Waals surface area (Å²) in [6.07, 6.45) is 0. The van der Waals surface area contributed by atoms with E-state index >= 15 is 0 Å². The molecule has 0 unspecified atom stereocenters. The third-order valence-electron chi connectivity index (χ3n) is 4.44. The number of rotatable bonds is 6. The second-order valence-corrected chi connectivity index (χ2v) is 8.26. The highest BCUT2D eigenvalue weighted by atomic mass is 79.9. The lowest BCUT2D eigenvalue weighted by Gasteiger charge is -2.26. The van der Waals surface area contributed by atoms with Crippen molar-refractivity contribution in [3.05, 3.63) is 75.4 Å². The highest BCUT2D eigenvalue weighted by Gasteiger charge is 2.32. The minimum atomic E-state index is -0.487. The monoisotopic (exact) mass is 474 g/mol. The van der Waals surface area contributed by atoms with Crippen LogP contribution in [0.25, 0.3) is 0 Å². The van der Waals surface area contributed by atoms with Crippen molar-refractivity contribution in [3.8, 4) is 5.75 Å². The number of thioether (sulfide) groups is 1.